The lowest BCUT2D eigenvalue weighted by Crippen LogP contribution is -2.21. The van der Waals surface area contributed by atoms with Gasteiger partial charge in [0.2, 0.25) is 0 Å². The Labute approximate surface area is 162 Å². The summed E-state index contributed by atoms with van der Waals surface area (Å²) < 4.78 is 6.53. The Kier molecular flexibility index (Phi) is 4.79. The number of hydrogen-bond donors (Lipinski definition) is 2. The van der Waals surface area contributed by atoms with E-state index in [4.69, 9.17) is 4.74 Å². The molecule has 1 saturated heterocycles. The molecular weight excluding hydrogens is 332 g/mol. The highest BCUT2D eigenvalue weighted by molar-refractivity contribution is 5.81. The zero-order chi connectivity index (χ0) is 18.1. The molecular formula is C24H30N2O. The first-order valence-corrected chi connectivity index (χ1v) is 10.8. The number of fused-ring (bicyclic) bond motifs is 3. The summed E-state index contributed by atoms with van der Waals surface area (Å²) >= 11 is 0. The van der Waals surface area contributed by atoms with E-state index in [9.17, 15) is 0 Å². The second kappa shape index (κ2) is 7.55. The van der Waals surface area contributed by atoms with Crippen molar-refractivity contribution < 1.29 is 4.74 Å². The van der Waals surface area contributed by atoms with E-state index < -0.39 is 0 Å². The molecule has 2 atom stereocenters. The normalized spacial score (nSPS) is 25.2. The van der Waals surface area contributed by atoms with Gasteiger partial charge in [-0.25, -0.2) is 0 Å². The molecule has 142 valence electrons. The zero-order valence-electron chi connectivity index (χ0n) is 16.0. The maximum absolute atomic E-state index is 6.53. The minimum Gasteiger partial charge on any atom is -0.490 e. The Morgan fingerprint density at radius 3 is 2.52 bits per heavy atom. The molecule has 5 rings (SSSR count). The Hall–Kier alpha value is -2.00. The Balaban J connectivity index is 1.52. The van der Waals surface area contributed by atoms with E-state index in [1.54, 1.807) is 0 Å². The van der Waals surface area contributed by atoms with Crippen LogP contribution in [0.2, 0.25) is 0 Å². The van der Waals surface area contributed by atoms with Crippen LogP contribution in [0.5, 0.6) is 5.75 Å². The lowest BCUT2D eigenvalue weighted by molar-refractivity contribution is 0.155. The number of hydrogen-bond acceptors (Lipinski definition) is 3. The molecule has 0 unspecified atom stereocenters. The standard InChI is InChI=1S/C24H30N2O/c1-2-7-17(8-3-1)27-23-12-5-4-9-18(23)19-10-6-11-22-24(19)20-13-15-25-16-14-21(20)26-22/h4-6,9-12,17,20-21,25-26H,1-3,7-8,13-16H2/t20-,21-/m0/s1. The molecule has 0 aromatic heterocycles. The van der Waals surface area contributed by atoms with Gasteiger partial charge >= 0.3 is 0 Å². The van der Waals surface area contributed by atoms with E-state index in [2.05, 4.69) is 53.1 Å². The quantitative estimate of drug-likeness (QED) is 0.774. The molecule has 3 aliphatic rings. The summed E-state index contributed by atoms with van der Waals surface area (Å²) in [6.07, 6.45) is 9.12. The fraction of sp³-hybridized carbons (Fsp3) is 0.500. The molecule has 0 amide bonds. The Morgan fingerprint density at radius 1 is 0.778 bits per heavy atom. The van der Waals surface area contributed by atoms with Crippen molar-refractivity contribution in [2.45, 2.75) is 63.0 Å². The third kappa shape index (κ3) is 3.34. The molecule has 3 heteroatoms. The van der Waals surface area contributed by atoms with Crippen LogP contribution in [0, 0.1) is 0 Å². The molecule has 2 aromatic rings. The van der Waals surface area contributed by atoms with Crippen LogP contribution in [0.1, 0.15) is 56.4 Å². The van der Waals surface area contributed by atoms with Crippen molar-refractivity contribution in [1.29, 1.82) is 0 Å². The number of ether oxygens (including phenoxy) is 1. The minimum absolute atomic E-state index is 0.379. The second-order valence-electron chi connectivity index (χ2n) is 8.33. The van der Waals surface area contributed by atoms with E-state index in [0.29, 0.717) is 18.1 Å². The van der Waals surface area contributed by atoms with Crippen molar-refractivity contribution in [1.82, 2.24) is 5.32 Å². The van der Waals surface area contributed by atoms with Gasteiger partial charge in [0.05, 0.1) is 6.10 Å². The summed E-state index contributed by atoms with van der Waals surface area (Å²) in [5.74, 6) is 1.65. The van der Waals surface area contributed by atoms with Crippen molar-refractivity contribution in [2.24, 2.45) is 0 Å². The van der Waals surface area contributed by atoms with Crippen molar-refractivity contribution in [3.05, 3.63) is 48.0 Å². The van der Waals surface area contributed by atoms with Gasteiger partial charge in [-0.2, -0.15) is 0 Å². The highest BCUT2D eigenvalue weighted by atomic mass is 16.5. The fourth-order valence-electron chi connectivity index (χ4n) is 5.24. The third-order valence-electron chi connectivity index (χ3n) is 6.59. The number of nitrogens with one attached hydrogen (secondary N) is 2. The van der Waals surface area contributed by atoms with Gasteiger partial charge in [-0.05, 0) is 74.9 Å². The molecule has 27 heavy (non-hydrogen) atoms. The van der Waals surface area contributed by atoms with Gasteiger partial charge in [0, 0.05) is 23.2 Å². The third-order valence-corrected chi connectivity index (χ3v) is 6.59. The van der Waals surface area contributed by atoms with Crippen LogP contribution in [-0.2, 0) is 0 Å². The summed E-state index contributed by atoms with van der Waals surface area (Å²) in [4.78, 5) is 0. The van der Waals surface area contributed by atoms with Crippen molar-refractivity contribution >= 4 is 5.69 Å². The van der Waals surface area contributed by atoms with Crippen LogP contribution in [-0.4, -0.2) is 25.2 Å². The van der Waals surface area contributed by atoms with Gasteiger partial charge in [0.25, 0.3) is 0 Å². The van der Waals surface area contributed by atoms with Gasteiger partial charge in [0.15, 0.2) is 0 Å². The number of rotatable bonds is 3. The lowest BCUT2D eigenvalue weighted by atomic mass is 9.85. The molecule has 0 spiro atoms. The summed E-state index contributed by atoms with van der Waals surface area (Å²) in [6, 6.07) is 16.0. The Morgan fingerprint density at radius 2 is 1.59 bits per heavy atom. The average Bonchev–Trinajstić information content (AvgIpc) is 2.91. The first kappa shape index (κ1) is 17.1. The maximum Gasteiger partial charge on any atom is 0.127 e. The van der Waals surface area contributed by atoms with Gasteiger partial charge in [0.1, 0.15) is 5.75 Å². The van der Waals surface area contributed by atoms with Crippen LogP contribution in [0.3, 0.4) is 0 Å². The van der Waals surface area contributed by atoms with E-state index in [1.165, 1.54) is 67.3 Å². The highest BCUT2D eigenvalue weighted by Crippen LogP contribution is 2.47. The molecule has 2 fully saturated rings. The molecule has 1 saturated carbocycles. The zero-order valence-corrected chi connectivity index (χ0v) is 16.0. The predicted molar refractivity (Wildman–Crippen MR) is 112 cm³/mol. The molecule has 1 aliphatic carbocycles. The summed E-state index contributed by atoms with van der Waals surface area (Å²) in [7, 11) is 0. The van der Waals surface area contributed by atoms with Crippen molar-refractivity contribution in [3.8, 4) is 16.9 Å². The molecule has 2 N–H and O–H groups in total. The lowest BCUT2D eigenvalue weighted by Gasteiger charge is -2.25. The van der Waals surface area contributed by atoms with Crippen LogP contribution in [0.25, 0.3) is 11.1 Å². The number of benzene rings is 2. The van der Waals surface area contributed by atoms with Crippen molar-refractivity contribution in [3.63, 3.8) is 0 Å². The molecule has 2 aliphatic heterocycles. The Bertz CT molecular complexity index is 797. The van der Waals surface area contributed by atoms with E-state index in [1.807, 2.05) is 0 Å². The minimum atomic E-state index is 0.379. The topological polar surface area (TPSA) is 33.3 Å². The van der Waals surface area contributed by atoms with Crippen LogP contribution >= 0.6 is 0 Å². The fourth-order valence-corrected chi connectivity index (χ4v) is 5.24. The highest BCUT2D eigenvalue weighted by Gasteiger charge is 2.35. The van der Waals surface area contributed by atoms with Crippen LogP contribution in [0.4, 0.5) is 5.69 Å². The second-order valence-corrected chi connectivity index (χ2v) is 8.33. The average molecular weight is 363 g/mol. The molecule has 3 nitrogen and oxygen atoms in total. The molecule has 0 radical (unpaired) electrons. The first-order chi connectivity index (χ1) is 13.4. The SMILES string of the molecule is c1ccc(-c2cccc3c2[C@H]2CCNCC[C@@H]2N3)c(OC2CCCCC2)c1. The van der Waals surface area contributed by atoms with Crippen LogP contribution < -0.4 is 15.4 Å². The first-order valence-electron chi connectivity index (χ1n) is 10.8. The number of para-hydroxylation sites is 1. The van der Waals surface area contributed by atoms with Gasteiger partial charge in [-0.15, -0.1) is 0 Å². The summed E-state index contributed by atoms with van der Waals surface area (Å²) in [5.41, 5.74) is 5.46. The van der Waals surface area contributed by atoms with Gasteiger partial charge < -0.3 is 15.4 Å². The van der Waals surface area contributed by atoms with E-state index >= 15 is 0 Å². The smallest absolute Gasteiger partial charge is 0.127 e. The molecule has 0 bridgehead atoms. The molecule has 2 aromatic carbocycles. The predicted octanol–water partition coefficient (Wildman–Crippen LogP) is 5.33. The monoisotopic (exact) mass is 362 g/mol. The van der Waals surface area contributed by atoms with E-state index in [0.717, 1.165) is 18.8 Å². The largest absolute Gasteiger partial charge is 0.490 e. The van der Waals surface area contributed by atoms with E-state index in [-0.39, 0.29) is 0 Å². The van der Waals surface area contributed by atoms with Gasteiger partial charge in [-0.1, -0.05) is 36.8 Å². The van der Waals surface area contributed by atoms with Gasteiger partial charge in [-0.3, -0.25) is 0 Å². The maximum atomic E-state index is 6.53. The van der Waals surface area contributed by atoms with Crippen molar-refractivity contribution in [2.75, 3.05) is 18.4 Å². The van der Waals surface area contributed by atoms with Crippen LogP contribution in [0.15, 0.2) is 42.5 Å². The number of anilines is 1. The molecule has 2 heterocycles. The summed E-state index contributed by atoms with van der Waals surface area (Å²) in [5, 5.41) is 7.37. The summed E-state index contributed by atoms with van der Waals surface area (Å²) in [6.45, 7) is 2.22.